The fraction of sp³-hybridized carbons (Fsp3) is 1.00. The first-order chi connectivity index (χ1) is 8.88. The molecule has 1 aliphatic carbocycles. The third-order valence-corrected chi connectivity index (χ3v) is 4.61. The molecule has 19 heavy (non-hydrogen) atoms. The summed E-state index contributed by atoms with van der Waals surface area (Å²) in [6.45, 7) is 15.5. The monoisotopic (exact) mass is 268 g/mol. The van der Waals surface area contributed by atoms with Crippen LogP contribution in [0.1, 0.15) is 60.3 Å². The fourth-order valence-electron chi connectivity index (χ4n) is 3.86. The first kappa shape index (κ1) is 17.0. The van der Waals surface area contributed by atoms with Gasteiger partial charge in [-0.1, -0.05) is 33.6 Å². The summed E-state index contributed by atoms with van der Waals surface area (Å²) in [5.41, 5.74) is 0.506. The zero-order valence-electron chi connectivity index (χ0n) is 14.1. The minimum atomic E-state index is 0.506. The van der Waals surface area contributed by atoms with Crippen molar-refractivity contribution >= 4 is 0 Å². The van der Waals surface area contributed by atoms with Crippen molar-refractivity contribution in [3.05, 3.63) is 0 Å². The Balaban J connectivity index is 2.74. The molecule has 0 aromatic carbocycles. The molecule has 1 fully saturated rings. The number of rotatable bonds is 7. The topological polar surface area (TPSA) is 15.3 Å². The second-order valence-electron chi connectivity index (χ2n) is 7.65. The van der Waals surface area contributed by atoms with E-state index in [1.165, 1.54) is 45.3 Å². The summed E-state index contributed by atoms with van der Waals surface area (Å²) < 4.78 is 0. The second kappa shape index (κ2) is 7.64. The smallest absolute Gasteiger partial charge is 0.00531 e. The fourth-order valence-corrected chi connectivity index (χ4v) is 3.86. The summed E-state index contributed by atoms with van der Waals surface area (Å²) in [5.74, 6) is 1.66. The molecule has 0 radical (unpaired) electrons. The molecule has 0 amide bonds. The van der Waals surface area contributed by atoms with Crippen molar-refractivity contribution in [2.75, 3.05) is 26.7 Å². The maximum atomic E-state index is 3.47. The highest BCUT2D eigenvalue weighted by molar-refractivity contribution is 4.90. The predicted octanol–water partition coefficient (Wildman–Crippen LogP) is 3.77. The Morgan fingerprint density at radius 1 is 1.26 bits per heavy atom. The summed E-state index contributed by atoms with van der Waals surface area (Å²) in [7, 11) is 2.11. The van der Waals surface area contributed by atoms with Crippen molar-refractivity contribution in [3.63, 3.8) is 0 Å². The van der Waals surface area contributed by atoms with Crippen molar-refractivity contribution in [1.82, 2.24) is 10.2 Å². The van der Waals surface area contributed by atoms with Crippen LogP contribution in [-0.4, -0.2) is 37.6 Å². The molecule has 0 heterocycles. The van der Waals surface area contributed by atoms with Crippen molar-refractivity contribution in [2.24, 2.45) is 17.3 Å². The van der Waals surface area contributed by atoms with Crippen molar-refractivity contribution < 1.29 is 0 Å². The van der Waals surface area contributed by atoms with Gasteiger partial charge < -0.3 is 10.2 Å². The second-order valence-corrected chi connectivity index (χ2v) is 7.65. The molecular formula is C17H36N2. The van der Waals surface area contributed by atoms with Gasteiger partial charge in [0, 0.05) is 25.7 Å². The van der Waals surface area contributed by atoms with E-state index in [1.807, 2.05) is 0 Å². The van der Waals surface area contributed by atoms with Crippen LogP contribution < -0.4 is 5.32 Å². The third-order valence-electron chi connectivity index (χ3n) is 4.61. The highest BCUT2D eigenvalue weighted by Gasteiger charge is 2.36. The molecule has 2 atom stereocenters. The van der Waals surface area contributed by atoms with E-state index in [2.05, 4.69) is 51.9 Å². The maximum absolute atomic E-state index is 3.47. The van der Waals surface area contributed by atoms with Crippen molar-refractivity contribution in [3.8, 4) is 0 Å². The van der Waals surface area contributed by atoms with Crippen LogP contribution in [0, 0.1) is 17.3 Å². The summed E-state index contributed by atoms with van der Waals surface area (Å²) in [4.78, 5) is 2.71. The largest absolute Gasteiger partial charge is 0.319 e. The maximum Gasteiger partial charge on any atom is 0.00531 e. The first-order valence-corrected chi connectivity index (χ1v) is 8.27. The molecule has 0 aromatic rings. The van der Waals surface area contributed by atoms with Crippen molar-refractivity contribution in [1.29, 1.82) is 0 Å². The van der Waals surface area contributed by atoms with E-state index in [-0.39, 0.29) is 0 Å². The lowest BCUT2D eigenvalue weighted by Crippen LogP contribution is -2.49. The van der Waals surface area contributed by atoms with Gasteiger partial charge in [0.2, 0.25) is 0 Å². The SMILES string of the molecule is CNCC1(CN(CC(C)C)C(C)C)CCCC(C)C1. The van der Waals surface area contributed by atoms with Gasteiger partial charge in [-0.3, -0.25) is 0 Å². The van der Waals surface area contributed by atoms with Gasteiger partial charge in [0.1, 0.15) is 0 Å². The Bertz CT molecular complexity index is 246. The molecule has 2 nitrogen and oxygen atoms in total. The molecule has 0 saturated heterocycles. The Morgan fingerprint density at radius 2 is 1.95 bits per heavy atom. The zero-order chi connectivity index (χ0) is 14.5. The van der Waals surface area contributed by atoms with E-state index in [9.17, 15) is 0 Å². The number of nitrogens with zero attached hydrogens (tertiary/aromatic N) is 1. The summed E-state index contributed by atoms with van der Waals surface area (Å²) >= 11 is 0. The lowest BCUT2D eigenvalue weighted by molar-refractivity contribution is 0.0599. The van der Waals surface area contributed by atoms with Gasteiger partial charge in [-0.25, -0.2) is 0 Å². The molecular weight excluding hydrogens is 232 g/mol. The van der Waals surface area contributed by atoms with Crippen LogP contribution >= 0.6 is 0 Å². The van der Waals surface area contributed by atoms with Gasteiger partial charge in [0.25, 0.3) is 0 Å². The Morgan fingerprint density at radius 3 is 2.42 bits per heavy atom. The van der Waals surface area contributed by atoms with Crippen LogP contribution in [0.3, 0.4) is 0 Å². The van der Waals surface area contributed by atoms with Crippen LogP contribution in [0.15, 0.2) is 0 Å². The predicted molar refractivity (Wildman–Crippen MR) is 85.5 cm³/mol. The summed E-state index contributed by atoms with van der Waals surface area (Å²) in [6, 6.07) is 0.661. The quantitative estimate of drug-likeness (QED) is 0.756. The van der Waals surface area contributed by atoms with E-state index in [4.69, 9.17) is 0 Å². The third kappa shape index (κ3) is 5.43. The van der Waals surface area contributed by atoms with Gasteiger partial charge in [0.15, 0.2) is 0 Å². The van der Waals surface area contributed by atoms with E-state index >= 15 is 0 Å². The molecule has 1 saturated carbocycles. The van der Waals surface area contributed by atoms with Crippen LogP contribution in [0.5, 0.6) is 0 Å². The van der Waals surface area contributed by atoms with E-state index < -0.39 is 0 Å². The van der Waals surface area contributed by atoms with E-state index in [0.29, 0.717) is 11.5 Å². The van der Waals surface area contributed by atoms with Crippen LogP contribution in [-0.2, 0) is 0 Å². The average Bonchev–Trinajstić information content (AvgIpc) is 2.27. The lowest BCUT2D eigenvalue weighted by Gasteiger charge is -2.45. The van der Waals surface area contributed by atoms with Crippen LogP contribution in [0.4, 0.5) is 0 Å². The highest BCUT2D eigenvalue weighted by Crippen LogP contribution is 2.40. The standard InChI is InChI=1S/C17H36N2/c1-14(2)11-19(15(3)4)13-17(12-18-6)9-7-8-16(5)10-17/h14-16,18H,7-13H2,1-6H3. The molecule has 1 N–H and O–H groups in total. The number of hydrogen-bond donors (Lipinski definition) is 1. The molecule has 0 aromatic heterocycles. The molecule has 114 valence electrons. The Kier molecular flexibility index (Phi) is 6.82. The summed E-state index contributed by atoms with van der Waals surface area (Å²) in [5, 5.41) is 3.47. The molecule has 1 rings (SSSR count). The van der Waals surface area contributed by atoms with Crippen LogP contribution in [0.2, 0.25) is 0 Å². The molecule has 0 spiro atoms. The lowest BCUT2D eigenvalue weighted by atomic mass is 9.69. The molecule has 2 heteroatoms. The first-order valence-electron chi connectivity index (χ1n) is 8.27. The Labute approximate surface area is 121 Å². The van der Waals surface area contributed by atoms with Gasteiger partial charge in [-0.05, 0) is 51.0 Å². The average molecular weight is 268 g/mol. The minimum Gasteiger partial charge on any atom is -0.319 e. The minimum absolute atomic E-state index is 0.506. The number of nitrogens with one attached hydrogen (secondary N) is 1. The molecule has 0 aliphatic heterocycles. The van der Waals surface area contributed by atoms with Gasteiger partial charge in [-0.2, -0.15) is 0 Å². The number of hydrogen-bond acceptors (Lipinski definition) is 2. The molecule has 2 unspecified atom stereocenters. The van der Waals surface area contributed by atoms with Gasteiger partial charge >= 0.3 is 0 Å². The Hall–Kier alpha value is -0.0800. The highest BCUT2D eigenvalue weighted by atomic mass is 15.2. The van der Waals surface area contributed by atoms with E-state index in [0.717, 1.165) is 11.8 Å². The summed E-state index contributed by atoms with van der Waals surface area (Å²) in [6.07, 6.45) is 5.64. The normalized spacial score (nSPS) is 28.6. The van der Waals surface area contributed by atoms with Gasteiger partial charge in [0.05, 0.1) is 0 Å². The van der Waals surface area contributed by atoms with E-state index in [1.54, 1.807) is 0 Å². The van der Waals surface area contributed by atoms with Crippen LogP contribution in [0.25, 0.3) is 0 Å². The molecule has 1 aliphatic rings. The van der Waals surface area contributed by atoms with Crippen molar-refractivity contribution in [2.45, 2.75) is 66.3 Å². The molecule has 0 bridgehead atoms. The van der Waals surface area contributed by atoms with Gasteiger partial charge in [-0.15, -0.1) is 0 Å². The zero-order valence-corrected chi connectivity index (χ0v) is 14.1.